The quantitative estimate of drug-likeness (QED) is 0.0347. The van der Waals surface area contributed by atoms with Gasteiger partial charge in [0.15, 0.2) is 6.10 Å². The molecular formula is C58H108N2O12. The molecule has 14 heteroatoms. The van der Waals surface area contributed by atoms with E-state index in [2.05, 4.69) is 31.0 Å². The van der Waals surface area contributed by atoms with Gasteiger partial charge in [-0.15, -0.1) is 0 Å². The summed E-state index contributed by atoms with van der Waals surface area (Å²) < 4.78 is 33.4. The first kappa shape index (κ1) is 68.6. The van der Waals surface area contributed by atoms with Gasteiger partial charge in [-0.2, -0.15) is 0 Å². The molecule has 0 fully saturated rings. The molecule has 0 saturated heterocycles. The number of carbonyl (C=O) groups is 6. The molecule has 1 N–H and O–H groups in total. The molecule has 0 rings (SSSR count). The second kappa shape index (κ2) is 52.4. The van der Waals surface area contributed by atoms with Crippen LogP contribution in [0.15, 0.2) is 0 Å². The number of unbranched alkanes of at least 4 members (excludes halogenated alkanes) is 27. The Kier molecular flexibility index (Phi) is 50.0. The molecule has 0 aliphatic heterocycles. The van der Waals surface area contributed by atoms with E-state index in [0.717, 1.165) is 122 Å². The third kappa shape index (κ3) is 48.8. The van der Waals surface area contributed by atoms with Gasteiger partial charge in [-0.25, -0.2) is 4.79 Å². The SMILES string of the molecule is CCCCCCCCCCOC(=O)CCCCCCCC(=O)OCC(COC(=O)CCCCCCCC(=O)OCCCCCCCCCC)OC(=O)CC(CCCCCCCC)OC(=O)NCCN(C)CC. The van der Waals surface area contributed by atoms with Crippen LogP contribution in [0.5, 0.6) is 0 Å². The Morgan fingerprint density at radius 3 is 1.12 bits per heavy atom. The number of amides is 1. The van der Waals surface area contributed by atoms with E-state index in [1.165, 1.54) is 77.0 Å². The number of nitrogens with zero attached hydrogens (tertiary/aromatic N) is 1. The number of hydrogen-bond donors (Lipinski definition) is 1. The van der Waals surface area contributed by atoms with Crippen LogP contribution in [0.25, 0.3) is 0 Å². The highest BCUT2D eigenvalue weighted by Gasteiger charge is 2.24. The average molecular weight is 1030 g/mol. The molecule has 0 bridgehead atoms. The molecular weight excluding hydrogens is 917 g/mol. The maximum atomic E-state index is 13.4. The standard InChI is InChI=1S/C58H108N2O12/c1-6-10-13-16-19-21-30-37-46-67-53(61)40-33-26-23-28-35-42-55(63)69-49-52(71-57(65)48-51(39-32-25-18-15-12-8-3)72-58(66)59-44-45-60(5)9-4)50-70-56(64)43-36-29-24-27-34-41-54(62)68-47-38-31-22-20-17-14-11-7-2/h51-52H,6-50H2,1-5H3,(H,59,66). The van der Waals surface area contributed by atoms with Gasteiger partial charge in [-0.3, -0.25) is 24.0 Å². The van der Waals surface area contributed by atoms with Crippen LogP contribution in [0.1, 0.15) is 272 Å². The monoisotopic (exact) mass is 1020 g/mol. The molecule has 0 aliphatic carbocycles. The number of esters is 5. The van der Waals surface area contributed by atoms with Crippen molar-refractivity contribution in [2.24, 2.45) is 0 Å². The summed E-state index contributed by atoms with van der Waals surface area (Å²) in [6.07, 6.45) is 32.3. The number of carbonyl (C=O) groups excluding carboxylic acids is 6. The third-order valence-electron chi connectivity index (χ3n) is 13.1. The lowest BCUT2D eigenvalue weighted by Crippen LogP contribution is -2.36. The summed E-state index contributed by atoms with van der Waals surface area (Å²) in [5.74, 6) is -1.83. The van der Waals surface area contributed by atoms with Crippen molar-refractivity contribution in [2.75, 3.05) is 53.1 Å². The fraction of sp³-hybridized carbons (Fsp3) is 0.897. The van der Waals surface area contributed by atoms with Crippen LogP contribution in [0.4, 0.5) is 4.79 Å². The molecule has 422 valence electrons. The minimum atomic E-state index is -1.04. The van der Waals surface area contributed by atoms with Crippen molar-refractivity contribution in [3.8, 4) is 0 Å². The number of nitrogens with one attached hydrogen (secondary N) is 1. The maximum Gasteiger partial charge on any atom is 0.407 e. The summed E-state index contributed by atoms with van der Waals surface area (Å²) >= 11 is 0. The molecule has 0 aromatic heterocycles. The van der Waals surface area contributed by atoms with Crippen LogP contribution < -0.4 is 5.32 Å². The number of rotatable bonds is 53. The van der Waals surface area contributed by atoms with Gasteiger partial charge in [0.2, 0.25) is 0 Å². The Bertz CT molecular complexity index is 1250. The zero-order valence-corrected chi connectivity index (χ0v) is 46.8. The molecule has 1 unspecified atom stereocenters. The minimum Gasteiger partial charge on any atom is -0.466 e. The Balaban J connectivity index is 4.95. The lowest BCUT2D eigenvalue weighted by molar-refractivity contribution is -0.168. The van der Waals surface area contributed by atoms with E-state index in [1.807, 2.05) is 14.0 Å². The predicted molar refractivity (Wildman–Crippen MR) is 288 cm³/mol. The molecule has 0 spiro atoms. The lowest BCUT2D eigenvalue weighted by Gasteiger charge is -2.21. The van der Waals surface area contributed by atoms with Crippen LogP contribution >= 0.6 is 0 Å². The smallest absolute Gasteiger partial charge is 0.407 e. The number of hydrogen-bond acceptors (Lipinski definition) is 13. The second-order valence-electron chi connectivity index (χ2n) is 20.0. The van der Waals surface area contributed by atoms with Gasteiger partial charge in [0, 0.05) is 38.8 Å². The van der Waals surface area contributed by atoms with Crippen molar-refractivity contribution in [3.05, 3.63) is 0 Å². The van der Waals surface area contributed by atoms with Gasteiger partial charge in [-0.05, 0) is 65.0 Å². The molecule has 14 nitrogen and oxygen atoms in total. The largest absolute Gasteiger partial charge is 0.466 e. The van der Waals surface area contributed by atoms with Crippen LogP contribution in [-0.2, 0) is 52.4 Å². The van der Waals surface area contributed by atoms with Crippen LogP contribution in [0, 0.1) is 0 Å². The van der Waals surface area contributed by atoms with Crippen molar-refractivity contribution in [1.29, 1.82) is 0 Å². The Hall–Kier alpha value is -3.42. The first-order valence-corrected chi connectivity index (χ1v) is 29.5. The van der Waals surface area contributed by atoms with Crippen molar-refractivity contribution in [1.82, 2.24) is 10.2 Å². The van der Waals surface area contributed by atoms with E-state index >= 15 is 0 Å². The normalized spacial score (nSPS) is 11.7. The van der Waals surface area contributed by atoms with Crippen LogP contribution in [-0.4, -0.2) is 106 Å². The lowest BCUT2D eigenvalue weighted by atomic mass is 10.1. The van der Waals surface area contributed by atoms with E-state index in [0.29, 0.717) is 58.4 Å². The van der Waals surface area contributed by atoms with Crippen molar-refractivity contribution in [3.63, 3.8) is 0 Å². The molecule has 0 radical (unpaired) electrons. The zero-order valence-electron chi connectivity index (χ0n) is 46.8. The first-order chi connectivity index (χ1) is 35.0. The summed E-state index contributed by atoms with van der Waals surface area (Å²) in [6.45, 7) is 11.0. The van der Waals surface area contributed by atoms with Gasteiger partial charge < -0.3 is 38.6 Å². The maximum absolute atomic E-state index is 13.4. The van der Waals surface area contributed by atoms with Crippen LogP contribution in [0.2, 0.25) is 0 Å². The van der Waals surface area contributed by atoms with E-state index in [9.17, 15) is 28.8 Å². The molecule has 0 aromatic rings. The summed E-state index contributed by atoms with van der Waals surface area (Å²) in [5, 5.41) is 2.77. The highest BCUT2D eigenvalue weighted by atomic mass is 16.6. The topological polar surface area (TPSA) is 173 Å². The van der Waals surface area contributed by atoms with Crippen molar-refractivity contribution >= 4 is 35.9 Å². The highest BCUT2D eigenvalue weighted by Crippen LogP contribution is 2.17. The highest BCUT2D eigenvalue weighted by molar-refractivity contribution is 5.73. The van der Waals surface area contributed by atoms with Gasteiger partial charge in [0.25, 0.3) is 0 Å². The van der Waals surface area contributed by atoms with Gasteiger partial charge >= 0.3 is 35.9 Å². The molecule has 1 amide bonds. The minimum absolute atomic E-state index is 0.147. The molecule has 0 aromatic carbocycles. The molecule has 72 heavy (non-hydrogen) atoms. The second-order valence-corrected chi connectivity index (χ2v) is 20.0. The van der Waals surface area contributed by atoms with Gasteiger partial charge in [-0.1, -0.05) is 188 Å². The average Bonchev–Trinajstić information content (AvgIpc) is 3.36. The van der Waals surface area contributed by atoms with Gasteiger partial charge in [0.05, 0.1) is 19.6 Å². The van der Waals surface area contributed by atoms with E-state index in [1.54, 1.807) is 0 Å². The zero-order chi connectivity index (χ0) is 53.0. The first-order valence-electron chi connectivity index (χ1n) is 29.5. The van der Waals surface area contributed by atoms with Crippen molar-refractivity contribution in [2.45, 2.75) is 284 Å². The summed E-state index contributed by atoms with van der Waals surface area (Å²) in [5.41, 5.74) is 0. The third-order valence-corrected chi connectivity index (χ3v) is 13.1. The molecule has 0 saturated carbocycles. The number of likely N-dealkylation sites (N-methyl/N-ethyl adjacent to an activating group) is 1. The Morgan fingerprint density at radius 1 is 0.389 bits per heavy atom. The van der Waals surface area contributed by atoms with E-state index in [-0.39, 0.29) is 44.4 Å². The summed E-state index contributed by atoms with van der Waals surface area (Å²) in [4.78, 5) is 78.1. The summed E-state index contributed by atoms with van der Waals surface area (Å²) in [6, 6.07) is 0. The molecule has 0 heterocycles. The fourth-order valence-electron chi connectivity index (χ4n) is 8.23. The fourth-order valence-corrected chi connectivity index (χ4v) is 8.23. The van der Waals surface area contributed by atoms with Crippen LogP contribution in [0.3, 0.4) is 0 Å². The Morgan fingerprint density at radius 2 is 0.736 bits per heavy atom. The van der Waals surface area contributed by atoms with E-state index < -0.39 is 36.2 Å². The number of ether oxygens (including phenoxy) is 6. The van der Waals surface area contributed by atoms with Gasteiger partial charge in [0.1, 0.15) is 19.3 Å². The predicted octanol–water partition coefficient (Wildman–Crippen LogP) is 14.0. The molecule has 0 aliphatic rings. The summed E-state index contributed by atoms with van der Waals surface area (Å²) in [7, 11) is 1.96. The van der Waals surface area contributed by atoms with E-state index in [4.69, 9.17) is 28.4 Å². The molecule has 1 atom stereocenters. The number of alkyl carbamates (subject to hydrolysis) is 1. The van der Waals surface area contributed by atoms with Crippen molar-refractivity contribution < 1.29 is 57.2 Å². The Labute approximate surface area is 439 Å².